The molecule has 0 bridgehead atoms. The van der Waals surface area contributed by atoms with Crippen LogP contribution in [0.3, 0.4) is 0 Å². The molecule has 0 aliphatic carbocycles. The minimum absolute atomic E-state index is 0.205. The van der Waals surface area contributed by atoms with E-state index in [-0.39, 0.29) is 12.2 Å². The van der Waals surface area contributed by atoms with Crippen molar-refractivity contribution in [2.45, 2.75) is 18.9 Å². The molecule has 0 aliphatic heterocycles. The van der Waals surface area contributed by atoms with Gasteiger partial charge >= 0.3 is 5.97 Å². The average molecular weight is 616 g/mol. The Morgan fingerprint density at radius 3 is 2.34 bits per heavy atom. The van der Waals surface area contributed by atoms with Crippen molar-refractivity contribution < 1.29 is 19.7 Å². The Morgan fingerprint density at radius 2 is 1.72 bits per heavy atom. The van der Waals surface area contributed by atoms with Gasteiger partial charge in [-0.05, 0) is 105 Å². The van der Waals surface area contributed by atoms with E-state index in [2.05, 4.69) is 50.2 Å². The zero-order chi connectivity index (χ0) is 21.0. The van der Waals surface area contributed by atoms with Crippen molar-refractivity contribution in [1.82, 2.24) is 4.98 Å². The third-order valence-electron chi connectivity index (χ3n) is 4.25. The number of carboxylic acid groups (broad SMARTS) is 1. The molecule has 3 rings (SSSR count). The number of nitrogens with two attached hydrogens (primary N) is 1. The number of aromatic hydroxyl groups is 1. The Kier molecular flexibility index (Phi) is 7.30. The molecule has 8 heteroatoms. The zero-order valence-electron chi connectivity index (χ0n) is 15.2. The number of carboxylic acids is 1. The van der Waals surface area contributed by atoms with Gasteiger partial charge in [-0.1, -0.05) is 0 Å². The molecule has 6 nitrogen and oxygen atoms in total. The van der Waals surface area contributed by atoms with E-state index in [1.807, 2.05) is 30.3 Å². The minimum atomic E-state index is -1.03. The number of rotatable bonds is 7. The monoisotopic (exact) mass is 616 g/mol. The largest absolute Gasteiger partial charge is 0.508 e. The summed E-state index contributed by atoms with van der Waals surface area (Å²) in [5, 5.41) is 19.2. The molecule has 0 amide bonds. The van der Waals surface area contributed by atoms with Crippen LogP contribution in [0, 0.1) is 7.14 Å². The van der Waals surface area contributed by atoms with Crippen molar-refractivity contribution in [3.8, 4) is 17.2 Å². The first-order chi connectivity index (χ1) is 13.8. The first-order valence-electron chi connectivity index (χ1n) is 8.68. The highest BCUT2D eigenvalue weighted by Gasteiger charge is 2.16. The maximum atomic E-state index is 11.0. The molecule has 0 unspecified atom stereocenters. The average Bonchev–Trinajstić information content (AvgIpc) is 2.68. The summed E-state index contributed by atoms with van der Waals surface area (Å²) >= 11 is 4.32. The van der Waals surface area contributed by atoms with Gasteiger partial charge in [0.2, 0.25) is 0 Å². The number of ether oxygens (including phenoxy) is 1. The van der Waals surface area contributed by atoms with Crippen molar-refractivity contribution in [1.29, 1.82) is 0 Å². The van der Waals surface area contributed by atoms with Gasteiger partial charge in [0, 0.05) is 24.4 Å². The molecule has 2 aromatic carbocycles. The molecule has 0 saturated carbocycles. The number of aromatic nitrogens is 1. The van der Waals surface area contributed by atoms with Gasteiger partial charge in [-0.3, -0.25) is 9.78 Å². The van der Waals surface area contributed by atoms with E-state index >= 15 is 0 Å². The zero-order valence-corrected chi connectivity index (χ0v) is 19.5. The number of benzene rings is 2. The minimum Gasteiger partial charge on any atom is -0.508 e. The van der Waals surface area contributed by atoms with Gasteiger partial charge in [0.25, 0.3) is 0 Å². The van der Waals surface area contributed by atoms with Crippen molar-refractivity contribution in [3.63, 3.8) is 0 Å². The Bertz CT molecular complexity index is 1010. The van der Waals surface area contributed by atoms with Crippen LogP contribution in [0.15, 0.2) is 54.9 Å². The van der Waals surface area contributed by atoms with Crippen LogP contribution in [0.1, 0.15) is 16.7 Å². The maximum Gasteiger partial charge on any atom is 0.320 e. The highest BCUT2D eigenvalue weighted by atomic mass is 127. The van der Waals surface area contributed by atoms with Crippen LogP contribution in [0.2, 0.25) is 0 Å². The second-order valence-corrected chi connectivity index (χ2v) is 8.79. The molecule has 1 heterocycles. The van der Waals surface area contributed by atoms with Gasteiger partial charge < -0.3 is 20.7 Å². The van der Waals surface area contributed by atoms with Gasteiger partial charge in [-0.2, -0.15) is 0 Å². The van der Waals surface area contributed by atoms with Gasteiger partial charge in [0.05, 0.1) is 7.14 Å². The fraction of sp³-hybridized carbons (Fsp3) is 0.143. The summed E-state index contributed by atoms with van der Waals surface area (Å²) in [5.74, 6) is 0.467. The fourth-order valence-corrected chi connectivity index (χ4v) is 4.89. The van der Waals surface area contributed by atoms with Crippen molar-refractivity contribution in [3.05, 3.63) is 78.7 Å². The second kappa shape index (κ2) is 9.72. The molecular formula is C21H18I2N2O4. The molecule has 0 fully saturated rings. The normalized spacial score (nSPS) is 11.8. The van der Waals surface area contributed by atoms with E-state index in [9.17, 15) is 9.90 Å². The summed E-state index contributed by atoms with van der Waals surface area (Å²) in [4.78, 5) is 15.0. The number of carbonyl (C=O) groups is 1. The standard InChI is InChI=1S/C21H18I2N2O4/c22-16-8-13(10-18(24)21(27)28)9-17(23)20(16)29-15-1-2-19(26)14(11-15)7-12-3-5-25-6-4-12/h1-6,8-9,11,18,26H,7,10,24H2,(H,27,28)/t18-/m0/s1. The molecule has 0 saturated heterocycles. The van der Waals surface area contributed by atoms with E-state index < -0.39 is 12.0 Å². The van der Waals surface area contributed by atoms with Gasteiger partial charge in [-0.25, -0.2) is 0 Å². The number of hydrogen-bond donors (Lipinski definition) is 3. The Balaban J connectivity index is 1.82. The third-order valence-corrected chi connectivity index (χ3v) is 5.85. The number of aliphatic carboxylic acids is 1. The fourth-order valence-electron chi connectivity index (χ4n) is 2.77. The number of pyridine rings is 1. The van der Waals surface area contributed by atoms with Crippen LogP contribution < -0.4 is 10.5 Å². The van der Waals surface area contributed by atoms with Gasteiger partial charge in [0.15, 0.2) is 5.75 Å². The molecule has 1 atom stereocenters. The van der Waals surface area contributed by atoms with E-state index in [0.717, 1.165) is 23.8 Å². The Labute approximate surface area is 195 Å². The Morgan fingerprint density at radius 1 is 1.07 bits per heavy atom. The molecule has 1 aromatic heterocycles. The van der Waals surface area contributed by atoms with E-state index in [0.29, 0.717) is 17.9 Å². The lowest BCUT2D eigenvalue weighted by Crippen LogP contribution is -2.32. The molecule has 4 N–H and O–H groups in total. The highest BCUT2D eigenvalue weighted by molar-refractivity contribution is 14.1. The first kappa shape index (κ1) is 21.8. The van der Waals surface area contributed by atoms with E-state index in [1.54, 1.807) is 24.5 Å². The molecule has 0 radical (unpaired) electrons. The summed E-state index contributed by atoms with van der Waals surface area (Å²) in [5.41, 5.74) is 8.27. The topological polar surface area (TPSA) is 106 Å². The van der Waals surface area contributed by atoms with Crippen LogP contribution in [-0.2, 0) is 17.6 Å². The first-order valence-corrected chi connectivity index (χ1v) is 10.8. The van der Waals surface area contributed by atoms with Crippen molar-refractivity contribution >= 4 is 51.2 Å². The molecule has 0 aliphatic rings. The van der Waals surface area contributed by atoms with Crippen LogP contribution >= 0.6 is 45.2 Å². The Hall–Kier alpha value is -1.92. The summed E-state index contributed by atoms with van der Waals surface area (Å²) in [6.45, 7) is 0. The quantitative estimate of drug-likeness (QED) is 0.342. The molecule has 29 heavy (non-hydrogen) atoms. The summed E-state index contributed by atoms with van der Waals surface area (Å²) < 4.78 is 7.80. The number of phenolic OH excluding ortho intramolecular Hbond substituents is 1. The summed E-state index contributed by atoms with van der Waals surface area (Å²) in [6.07, 6.45) is 4.24. The molecular weight excluding hydrogens is 598 g/mol. The smallest absolute Gasteiger partial charge is 0.320 e. The van der Waals surface area contributed by atoms with Crippen LogP contribution in [-0.4, -0.2) is 27.2 Å². The van der Waals surface area contributed by atoms with Gasteiger partial charge in [-0.15, -0.1) is 0 Å². The molecule has 150 valence electrons. The van der Waals surface area contributed by atoms with Crippen LogP contribution in [0.25, 0.3) is 0 Å². The summed E-state index contributed by atoms with van der Waals surface area (Å²) in [6, 6.07) is 11.8. The predicted molar refractivity (Wildman–Crippen MR) is 126 cm³/mol. The van der Waals surface area contributed by atoms with E-state index in [4.69, 9.17) is 15.6 Å². The lowest BCUT2D eigenvalue weighted by molar-refractivity contribution is -0.138. The second-order valence-electron chi connectivity index (χ2n) is 6.46. The SMILES string of the molecule is N[C@@H](Cc1cc(I)c(Oc2ccc(O)c(Cc3ccncc3)c2)c(I)c1)C(=O)O. The third kappa shape index (κ3) is 5.80. The number of nitrogens with zero attached hydrogens (tertiary/aromatic N) is 1. The number of phenols is 1. The van der Waals surface area contributed by atoms with Crippen molar-refractivity contribution in [2.75, 3.05) is 0 Å². The predicted octanol–water partition coefficient (Wildman–Crippen LogP) is 4.33. The van der Waals surface area contributed by atoms with E-state index in [1.165, 1.54) is 0 Å². The highest BCUT2D eigenvalue weighted by Crippen LogP contribution is 2.35. The van der Waals surface area contributed by atoms with Gasteiger partial charge in [0.1, 0.15) is 17.5 Å². The molecule has 0 spiro atoms. The molecule has 3 aromatic rings. The van der Waals surface area contributed by atoms with Crippen molar-refractivity contribution in [2.24, 2.45) is 5.73 Å². The lowest BCUT2D eigenvalue weighted by Gasteiger charge is -2.14. The lowest BCUT2D eigenvalue weighted by atomic mass is 10.0. The summed E-state index contributed by atoms with van der Waals surface area (Å²) in [7, 11) is 0. The maximum absolute atomic E-state index is 11.0. The van der Waals surface area contributed by atoms with Crippen LogP contribution in [0.5, 0.6) is 17.2 Å². The number of halogens is 2. The number of hydrogen-bond acceptors (Lipinski definition) is 5. The van der Waals surface area contributed by atoms with Crippen LogP contribution in [0.4, 0.5) is 0 Å².